The van der Waals surface area contributed by atoms with Gasteiger partial charge >= 0.3 is 0 Å². The Morgan fingerprint density at radius 3 is 2.78 bits per heavy atom. The highest BCUT2D eigenvalue weighted by molar-refractivity contribution is 5.95. The van der Waals surface area contributed by atoms with Gasteiger partial charge in [0.1, 0.15) is 6.07 Å². The molecule has 5 heteroatoms. The Kier molecular flexibility index (Phi) is 5.29. The van der Waals surface area contributed by atoms with E-state index in [4.69, 9.17) is 4.74 Å². The zero-order valence-corrected chi connectivity index (χ0v) is 16.3. The van der Waals surface area contributed by atoms with Crippen molar-refractivity contribution >= 4 is 16.6 Å². The molecule has 0 radical (unpaired) electrons. The number of nitrogens with zero attached hydrogens (tertiary/aromatic N) is 4. The molecule has 0 N–H and O–H groups in total. The van der Waals surface area contributed by atoms with Crippen LogP contribution in [0.3, 0.4) is 0 Å². The van der Waals surface area contributed by atoms with Gasteiger partial charge in [0.25, 0.3) is 0 Å². The summed E-state index contributed by atoms with van der Waals surface area (Å²) in [4.78, 5) is 9.43. The molecule has 0 spiro atoms. The van der Waals surface area contributed by atoms with Crippen molar-refractivity contribution in [2.24, 2.45) is 5.92 Å². The van der Waals surface area contributed by atoms with Gasteiger partial charge in [-0.25, -0.2) is 0 Å². The van der Waals surface area contributed by atoms with Gasteiger partial charge in [0.2, 0.25) is 0 Å². The lowest BCUT2D eigenvalue weighted by Crippen LogP contribution is -2.51. The summed E-state index contributed by atoms with van der Waals surface area (Å²) in [5.74, 6) is 0.849. The highest BCUT2D eigenvalue weighted by Crippen LogP contribution is 2.30. The Balaban J connectivity index is 1.55. The van der Waals surface area contributed by atoms with E-state index in [-0.39, 0.29) is 12.2 Å². The molecule has 142 valence electrons. The van der Waals surface area contributed by atoms with Crippen LogP contribution >= 0.6 is 0 Å². The van der Waals surface area contributed by atoms with Crippen molar-refractivity contribution in [1.82, 2.24) is 9.88 Å². The fourth-order valence-corrected chi connectivity index (χ4v) is 4.40. The molecule has 4 rings (SSSR count). The third kappa shape index (κ3) is 3.92. The minimum atomic E-state index is 0.190. The number of morpholine rings is 1. The summed E-state index contributed by atoms with van der Waals surface area (Å²) in [5.41, 5.74) is 2.58. The Bertz CT molecular complexity index is 838. The Labute approximate surface area is 161 Å². The van der Waals surface area contributed by atoms with Crippen molar-refractivity contribution in [3.63, 3.8) is 0 Å². The molecule has 2 fully saturated rings. The number of anilines is 1. The molecule has 2 aliphatic heterocycles. The van der Waals surface area contributed by atoms with E-state index in [0.29, 0.717) is 5.56 Å². The van der Waals surface area contributed by atoms with Gasteiger partial charge in [-0.3, -0.25) is 4.98 Å². The van der Waals surface area contributed by atoms with Crippen LogP contribution in [-0.2, 0) is 4.74 Å². The van der Waals surface area contributed by atoms with Gasteiger partial charge in [-0.1, -0.05) is 6.92 Å². The maximum atomic E-state index is 9.39. The van der Waals surface area contributed by atoms with E-state index in [9.17, 15) is 5.26 Å². The van der Waals surface area contributed by atoms with E-state index >= 15 is 0 Å². The second-order valence-electron chi connectivity index (χ2n) is 8.10. The number of likely N-dealkylation sites (tertiary alicyclic amines) is 1. The largest absolute Gasteiger partial charge is 0.370 e. The van der Waals surface area contributed by atoms with Gasteiger partial charge < -0.3 is 14.5 Å². The predicted molar refractivity (Wildman–Crippen MR) is 108 cm³/mol. The number of rotatable bonds is 3. The maximum Gasteiger partial charge on any atom is 0.101 e. The molecule has 0 amide bonds. The molecule has 0 saturated carbocycles. The highest BCUT2D eigenvalue weighted by Gasteiger charge is 2.29. The number of hydrogen-bond acceptors (Lipinski definition) is 5. The summed E-state index contributed by atoms with van der Waals surface area (Å²) in [6.45, 7) is 9.61. The Morgan fingerprint density at radius 2 is 2.00 bits per heavy atom. The molecule has 1 aromatic carbocycles. The van der Waals surface area contributed by atoms with Crippen molar-refractivity contribution in [3.8, 4) is 6.07 Å². The zero-order chi connectivity index (χ0) is 18.8. The molecular weight excluding hydrogens is 336 g/mol. The molecular formula is C22H28N4O. The molecule has 0 unspecified atom stereocenters. The Hall–Kier alpha value is -2.16. The zero-order valence-electron chi connectivity index (χ0n) is 16.3. The number of piperidine rings is 1. The van der Waals surface area contributed by atoms with E-state index in [1.165, 1.54) is 25.9 Å². The average molecular weight is 364 g/mol. The van der Waals surface area contributed by atoms with Crippen LogP contribution in [0.25, 0.3) is 10.9 Å². The van der Waals surface area contributed by atoms with E-state index in [2.05, 4.69) is 46.8 Å². The van der Waals surface area contributed by atoms with Crippen molar-refractivity contribution in [2.45, 2.75) is 38.9 Å². The van der Waals surface area contributed by atoms with Crippen LogP contribution < -0.4 is 4.90 Å². The molecule has 0 aliphatic carbocycles. The highest BCUT2D eigenvalue weighted by atomic mass is 16.5. The van der Waals surface area contributed by atoms with E-state index in [1.807, 2.05) is 12.1 Å². The normalized spacial score (nSPS) is 24.9. The van der Waals surface area contributed by atoms with Gasteiger partial charge in [-0.15, -0.1) is 0 Å². The smallest absolute Gasteiger partial charge is 0.101 e. The van der Waals surface area contributed by atoms with Crippen LogP contribution in [-0.4, -0.2) is 54.8 Å². The second-order valence-corrected chi connectivity index (χ2v) is 8.10. The topological polar surface area (TPSA) is 52.4 Å². The van der Waals surface area contributed by atoms with E-state index in [0.717, 1.165) is 42.1 Å². The first-order chi connectivity index (χ1) is 13.1. The number of nitriles is 1. The second kappa shape index (κ2) is 7.84. The van der Waals surface area contributed by atoms with Crippen LogP contribution in [0, 0.1) is 17.2 Å². The summed E-state index contributed by atoms with van der Waals surface area (Å²) in [6.07, 6.45) is 4.74. The summed E-state index contributed by atoms with van der Waals surface area (Å²) in [5, 5.41) is 10.4. The fraction of sp³-hybridized carbons (Fsp3) is 0.545. The monoisotopic (exact) mass is 364 g/mol. The van der Waals surface area contributed by atoms with Crippen LogP contribution in [0.15, 0.2) is 30.5 Å². The van der Waals surface area contributed by atoms with Gasteiger partial charge in [0.15, 0.2) is 0 Å². The van der Waals surface area contributed by atoms with Gasteiger partial charge in [-0.05, 0) is 63.0 Å². The first-order valence-electron chi connectivity index (χ1n) is 10.0. The number of hydrogen-bond donors (Lipinski definition) is 0. The number of pyridine rings is 1. The minimum absolute atomic E-state index is 0.190. The van der Waals surface area contributed by atoms with Gasteiger partial charge in [0, 0.05) is 36.9 Å². The van der Waals surface area contributed by atoms with Crippen molar-refractivity contribution in [3.05, 3.63) is 36.0 Å². The van der Waals surface area contributed by atoms with Crippen LogP contribution in [0.5, 0.6) is 0 Å². The minimum Gasteiger partial charge on any atom is -0.370 e. The average Bonchev–Trinajstić information content (AvgIpc) is 2.68. The third-order valence-electron chi connectivity index (χ3n) is 5.87. The SMILES string of the molecule is CC1CCN(C[C@H]2CN(c3ccc(C#N)c4ncccc34)C[C@@H](C)O2)CC1. The lowest BCUT2D eigenvalue weighted by atomic mass is 9.99. The standard InChI is InChI=1S/C22H28N4O/c1-16-7-10-25(11-8-16)14-19-15-26(13-17(2)27-19)21-6-5-18(12-23)22-20(21)4-3-9-24-22/h3-6,9,16-17,19H,7-8,10-11,13-15H2,1-2H3/t17-,19+/m1/s1. The molecule has 0 bridgehead atoms. The van der Waals surface area contributed by atoms with Crippen LogP contribution in [0.1, 0.15) is 32.3 Å². The summed E-state index contributed by atoms with van der Waals surface area (Å²) in [6, 6.07) is 10.2. The summed E-state index contributed by atoms with van der Waals surface area (Å²) < 4.78 is 6.27. The molecule has 2 aromatic rings. The molecule has 2 saturated heterocycles. The molecule has 1 aromatic heterocycles. The van der Waals surface area contributed by atoms with Crippen molar-refractivity contribution in [2.75, 3.05) is 37.6 Å². The number of benzene rings is 1. The maximum absolute atomic E-state index is 9.39. The summed E-state index contributed by atoms with van der Waals surface area (Å²) >= 11 is 0. The molecule has 27 heavy (non-hydrogen) atoms. The first kappa shape index (κ1) is 18.2. The number of fused-ring (bicyclic) bond motifs is 1. The quantitative estimate of drug-likeness (QED) is 0.835. The fourth-order valence-electron chi connectivity index (χ4n) is 4.40. The molecule has 5 nitrogen and oxygen atoms in total. The van der Waals surface area contributed by atoms with Crippen LogP contribution in [0.4, 0.5) is 5.69 Å². The Morgan fingerprint density at radius 1 is 1.19 bits per heavy atom. The van der Waals surface area contributed by atoms with Gasteiger partial charge in [0.05, 0.1) is 23.3 Å². The molecule has 2 atom stereocenters. The predicted octanol–water partition coefficient (Wildman–Crippen LogP) is 3.43. The van der Waals surface area contributed by atoms with E-state index < -0.39 is 0 Å². The van der Waals surface area contributed by atoms with Crippen molar-refractivity contribution in [1.29, 1.82) is 5.26 Å². The third-order valence-corrected chi connectivity index (χ3v) is 5.87. The lowest BCUT2D eigenvalue weighted by Gasteiger charge is -2.41. The first-order valence-corrected chi connectivity index (χ1v) is 10.0. The number of ether oxygens (including phenoxy) is 1. The van der Waals surface area contributed by atoms with E-state index in [1.54, 1.807) is 6.20 Å². The molecule has 2 aliphatic rings. The van der Waals surface area contributed by atoms with Crippen molar-refractivity contribution < 1.29 is 4.74 Å². The molecule has 3 heterocycles. The van der Waals surface area contributed by atoms with Gasteiger partial charge in [-0.2, -0.15) is 5.26 Å². The van der Waals surface area contributed by atoms with Crippen LogP contribution in [0.2, 0.25) is 0 Å². The number of aromatic nitrogens is 1. The summed E-state index contributed by atoms with van der Waals surface area (Å²) in [7, 11) is 0. The lowest BCUT2D eigenvalue weighted by molar-refractivity contribution is -0.0357.